The average Bonchev–Trinajstić information content (AvgIpc) is 2.84. The first-order chi connectivity index (χ1) is 8.69. The van der Waals surface area contributed by atoms with E-state index in [1.807, 2.05) is 37.4 Å². The third-order valence-corrected chi connectivity index (χ3v) is 3.15. The molecule has 96 valence electrons. The maximum atomic E-state index is 6.23. The van der Waals surface area contributed by atoms with E-state index >= 15 is 0 Å². The van der Waals surface area contributed by atoms with Crippen LogP contribution in [0.3, 0.4) is 0 Å². The van der Waals surface area contributed by atoms with Gasteiger partial charge in [0, 0.05) is 18.1 Å². The number of nitrogens with zero attached hydrogens (tertiary/aromatic N) is 1. The van der Waals surface area contributed by atoms with Crippen molar-refractivity contribution in [3.05, 3.63) is 58.5 Å². The van der Waals surface area contributed by atoms with Gasteiger partial charge in [-0.3, -0.25) is 4.90 Å². The summed E-state index contributed by atoms with van der Waals surface area (Å²) in [5.74, 6) is 0.951. The molecule has 3 nitrogen and oxygen atoms in total. The van der Waals surface area contributed by atoms with Crippen LogP contribution < -0.4 is 5.73 Å². The van der Waals surface area contributed by atoms with E-state index < -0.39 is 0 Å². The minimum absolute atomic E-state index is 0.516. The zero-order valence-electron chi connectivity index (χ0n) is 10.4. The van der Waals surface area contributed by atoms with Gasteiger partial charge in [-0.15, -0.1) is 0 Å². The van der Waals surface area contributed by atoms with Crippen LogP contribution in [0.4, 0.5) is 0 Å². The molecule has 0 spiro atoms. The van der Waals surface area contributed by atoms with Crippen LogP contribution in [0.5, 0.6) is 0 Å². The maximum absolute atomic E-state index is 6.23. The van der Waals surface area contributed by atoms with E-state index in [9.17, 15) is 0 Å². The minimum Gasteiger partial charge on any atom is -0.468 e. The van der Waals surface area contributed by atoms with Crippen molar-refractivity contribution in [3.63, 3.8) is 0 Å². The second kappa shape index (κ2) is 6.05. The van der Waals surface area contributed by atoms with Crippen LogP contribution in [0, 0.1) is 0 Å². The van der Waals surface area contributed by atoms with Gasteiger partial charge in [0.2, 0.25) is 0 Å². The van der Waals surface area contributed by atoms with E-state index in [1.165, 1.54) is 0 Å². The summed E-state index contributed by atoms with van der Waals surface area (Å²) in [6, 6.07) is 9.84. The molecule has 0 aliphatic heterocycles. The first kappa shape index (κ1) is 13.1. The van der Waals surface area contributed by atoms with Crippen molar-refractivity contribution in [1.29, 1.82) is 0 Å². The lowest BCUT2D eigenvalue weighted by molar-refractivity contribution is 0.288. The minimum atomic E-state index is 0.516. The van der Waals surface area contributed by atoms with Crippen molar-refractivity contribution in [2.45, 2.75) is 19.6 Å². The molecule has 0 saturated carbocycles. The summed E-state index contributed by atoms with van der Waals surface area (Å²) in [6.45, 7) is 2.06. The van der Waals surface area contributed by atoms with Gasteiger partial charge >= 0.3 is 0 Å². The topological polar surface area (TPSA) is 42.4 Å². The summed E-state index contributed by atoms with van der Waals surface area (Å²) in [7, 11) is 2.04. The molecule has 1 aromatic carbocycles. The molecule has 0 radical (unpaired) electrons. The first-order valence-corrected chi connectivity index (χ1v) is 6.25. The van der Waals surface area contributed by atoms with Crippen LogP contribution in [0.25, 0.3) is 0 Å². The van der Waals surface area contributed by atoms with E-state index in [4.69, 9.17) is 21.8 Å². The van der Waals surface area contributed by atoms with Crippen LogP contribution in [-0.4, -0.2) is 11.9 Å². The molecule has 0 unspecified atom stereocenters. The fraction of sp³-hybridized carbons (Fsp3) is 0.286. The zero-order chi connectivity index (χ0) is 13.0. The Morgan fingerprint density at radius 2 is 2.11 bits per heavy atom. The van der Waals surface area contributed by atoms with Crippen molar-refractivity contribution in [2.75, 3.05) is 7.05 Å². The number of hydrogen-bond acceptors (Lipinski definition) is 3. The van der Waals surface area contributed by atoms with E-state index in [2.05, 4.69) is 4.90 Å². The third-order valence-electron chi connectivity index (χ3n) is 2.80. The highest BCUT2D eigenvalue weighted by atomic mass is 35.5. The Kier molecular flexibility index (Phi) is 4.42. The van der Waals surface area contributed by atoms with Gasteiger partial charge in [-0.25, -0.2) is 0 Å². The molecule has 0 aliphatic carbocycles. The second-order valence-electron chi connectivity index (χ2n) is 4.38. The van der Waals surface area contributed by atoms with E-state index in [0.717, 1.165) is 35.0 Å². The lowest BCUT2D eigenvalue weighted by atomic mass is 10.1. The van der Waals surface area contributed by atoms with Crippen LogP contribution >= 0.6 is 11.6 Å². The lowest BCUT2D eigenvalue weighted by Crippen LogP contribution is -2.17. The Hall–Kier alpha value is -1.29. The van der Waals surface area contributed by atoms with Crippen molar-refractivity contribution in [1.82, 2.24) is 4.90 Å². The Morgan fingerprint density at radius 1 is 1.28 bits per heavy atom. The Balaban J connectivity index is 2.00. The molecule has 18 heavy (non-hydrogen) atoms. The molecule has 4 heteroatoms. The fourth-order valence-corrected chi connectivity index (χ4v) is 2.12. The van der Waals surface area contributed by atoms with Gasteiger partial charge in [-0.2, -0.15) is 0 Å². The maximum Gasteiger partial charge on any atom is 0.117 e. The Morgan fingerprint density at radius 3 is 2.72 bits per heavy atom. The standard InChI is InChI=1S/C14H17ClN2O/c1-17(10-13-3-2-6-18-13)9-12-5-4-11(8-16)7-14(12)15/h2-7H,8-10,16H2,1H3. The summed E-state index contributed by atoms with van der Waals surface area (Å²) >= 11 is 6.23. The van der Waals surface area contributed by atoms with Crippen molar-refractivity contribution < 1.29 is 4.42 Å². The summed E-state index contributed by atoms with van der Waals surface area (Å²) < 4.78 is 5.32. The van der Waals surface area contributed by atoms with E-state index in [1.54, 1.807) is 6.26 Å². The fourth-order valence-electron chi connectivity index (χ4n) is 1.86. The molecule has 0 atom stereocenters. The van der Waals surface area contributed by atoms with Crippen molar-refractivity contribution in [2.24, 2.45) is 5.73 Å². The van der Waals surface area contributed by atoms with Crippen LogP contribution in [0.15, 0.2) is 41.0 Å². The van der Waals surface area contributed by atoms with Gasteiger partial charge in [-0.1, -0.05) is 23.7 Å². The molecule has 0 fully saturated rings. The van der Waals surface area contributed by atoms with Gasteiger partial charge in [0.05, 0.1) is 12.8 Å². The van der Waals surface area contributed by atoms with E-state index in [-0.39, 0.29) is 0 Å². The van der Waals surface area contributed by atoms with Gasteiger partial charge in [-0.05, 0) is 36.4 Å². The summed E-state index contributed by atoms with van der Waals surface area (Å²) in [5.41, 5.74) is 7.73. The zero-order valence-corrected chi connectivity index (χ0v) is 11.2. The Labute approximate surface area is 112 Å². The molecule has 0 aliphatic rings. The molecular weight excluding hydrogens is 248 g/mol. The highest BCUT2D eigenvalue weighted by Gasteiger charge is 2.07. The van der Waals surface area contributed by atoms with Crippen LogP contribution in [0.2, 0.25) is 5.02 Å². The van der Waals surface area contributed by atoms with Crippen LogP contribution in [-0.2, 0) is 19.6 Å². The van der Waals surface area contributed by atoms with Gasteiger partial charge in [0.15, 0.2) is 0 Å². The molecule has 2 N–H and O–H groups in total. The van der Waals surface area contributed by atoms with Gasteiger partial charge < -0.3 is 10.2 Å². The monoisotopic (exact) mass is 264 g/mol. The molecule has 1 aromatic heterocycles. The number of rotatable bonds is 5. The number of hydrogen-bond donors (Lipinski definition) is 1. The predicted octanol–water partition coefficient (Wildman–Crippen LogP) is 3.02. The first-order valence-electron chi connectivity index (χ1n) is 5.87. The number of benzene rings is 1. The summed E-state index contributed by atoms with van der Waals surface area (Å²) in [5, 5.41) is 0.768. The van der Waals surface area contributed by atoms with Crippen molar-refractivity contribution in [3.8, 4) is 0 Å². The third kappa shape index (κ3) is 3.35. The predicted molar refractivity (Wildman–Crippen MR) is 73.2 cm³/mol. The molecule has 2 rings (SSSR count). The quantitative estimate of drug-likeness (QED) is 0.903. The molecule has 2 aromatic rings. The summed E-state index contributed by atoms with van der Waals surface area (Å²) in [6.07, 6.45) is 1.69. The SMILES string of the molecule is CN(Cc1ccco1)Cc1ccc(CN)cc1Cl. The number of halogens is 1. The molecule has 0 saturated heterocycles. The molecule has 1 heterocycles. The molecule has 0 bridgehead atoms. The van der Waals surface area contributed by atoms with Gasteiger partial charge in [0.25, 0.3) is 0 Å². The normalized spacial score (nSPS) is 11.1. The second-order valence-corrected chi connectivity index (χ2v) is 4.79. The number of nitrogens with two attached hydrogens (primary N) is 1. The van der Waals surface area contributed by atoms with Gasteiger partial charge in [0.1, 0.15) is 5.76 Å². The lowest BCUT2D eigenvalue weighted by Gasteiger charge is -2.16. The van der Waals surface area contributed by atoms with Crippen LogP contribution in [0.1, 0.15) is 16.9 Å². The summed E-state index contributed by atoms with van der Waals surface area (Å²) in [4.78, 5) is 2.15. The molecule has 0 amide bonds. The van der Waals surface area contributed by atoms with Crippen molar-refractivity contribution >= 4 is 11.6 Å². The highest BCUT2D eigenvalue weighted by molar-refractivity contribution is 6.31. The number of furan rings is 1. The Bertz CT molecular complexity index is 497. The average molecular weight is 265 g/mol. The highest BCUT2D eigenvalue weighted by Crippen LogP contribution is 2.20. The smallest absolute Gasteiger partial charge is 0.117 e. The molecular formula is C14H17ClN2O. The largest absolute Gasteiger partial charge is 0.468 e. The van der Waals surface area contributed by atoms with E-state index in [0.29, 0.717) is 6.54 Å².